The van der Waals surface area contributed by atoms with E-state index in [1.165, 1.54) is 0 Å². The molecule has 0 saturated carbocycles. The van der Waals surface area contributed by atoms with Crippen molar-refractivity contribution in [2.24, 2.45) is 0 Å². The number of nitrogens with zero attached hydrogens (tertiary/aromatic N) is 2. The van der Waals surface area contributed by atoms with Crippen LogP contribution in [-0.4, -0.2) is 16.4 Å². The maximum absolute atomic E-state index is 5.78. The predicted octanol–water partition coefficient (Wildman–Crippen LogP) is 2.20. The average molecular weight is 238 g/mol. The largest absolute Gasteiger partial charge is 0.489 e. The first-order valence-corrected chi connectivity index (χ1v) is 5.29. The van der Waals surface area contributed by atoms with Crippen LogP contribution in [0.15, 0.2) is 36.7 Å². The Morgan fingerprint density at radius 1 is 1.44 bits per heavy atom. The van der Waals surface area contributed by atoms with Crippen LogP contribution in [0, 0.1) is 0 Å². The van der Waals surface area contributed by atoms with Gasteiger partial charge in [-0.2, -0.15) is 5.10 Å². The van der Waals surface area contributed by atoms with E-state index in [0.29, 0.717) is 29.6 Å². The van der Waals surface area contributed by atoms with E-state index >= 15 is 0 Å². The fourth-order valence-corrected chi connectivity index (χ4v) is 1.51. The summed E-state index contributed by atoms with van der Waals surface area (Å²) in [7, 11) is 0. The van der Waals surface area contributed by atoms with Crippen molar-refractivity contribution in [1.29, 1.82) is 0 Å². The first-order valence-electron chi connectivity index (χ1n) is 4.91. The maximum atomic E-state index is 5.78. The molecule has 16 heavy (non-hydrogen) atoms. The molecule has 84 valence electrons. The third-order valence-electron chi connectivity index (χ3n) is 2.11. The van der Waals surface area contributed by atoms with Crippen LogP contribution >= 0.6 is 11.6 Å². The summed E-state index contributed by atoms with van der Waals surface area (Å²) >= 11 is 5.78. The smallest absolute Gasteiger partial charge is 0.142 e. The normalized spacial score (nSPS) is 10.3. The van der Waals surface area contributed by atoms with E-state index in [9.17, 15) is 0 Å². The van der Waals surface area contributed by atoms with Crippen molar-refractivity contribution in [3.05, 3.63) is 41.7 Å². The molecule has 2 N–H and O–H groups in total. The summed E-state index contributed by atoms with van der Waals surface area (Å²) < 4.78 is 7.32. The van der Waals surface area contributed by atoms with Crippen molar-refractivity contribution in [2.45, 2.75) is 6.54 Å². The molecule has 4 nitrogen and oxygen atoms in total. The molecule has 2 rings (SSSR count). The molecule has 0 atom stereocenters. The molecule has 1 heterocycles. The van der Waals surface area contributed by atoms with Crippen LogP contribution in [0.25, 0.3) is 0 Å². The lowest BCUT2D eigenvalue weighted by Crippen LogP contribution is -2.09. The molecule has 1 aromatic heterocycles. The van der Waals surface area contributed by atoms with Gasteiger partial charge in [0, 0.05) is 17.4 Å². The molecule has 0 bridgehead atoms. The molecule has 0 aliphatic carbocycles. The molecular weight excluding hydrogens is 226 g/mol. The second-order valence-electron chi connectivity index (χ2n) is 3.30. The number of anilines is 1. The first-order chi connectivity index (χ1) is 7.75. The second-order valence-corrected chi connectivity index (χ2v) is 3.74. The number of benzene rings is 1. The molecule has 1 aromatic carbocycles. The molecule has 0 spiro atoms. The summed E-state index contributed by atoms with van der Waals surface area (Å²) in [6.07, 6.45) is 3.62. The summed E-state index contributed by atoms with van der Waals surface area (Å²) in [5.41, 5.74) is 6.30. The van der Waals surface area contributed by atoms with Crippen LogP contribution in [-0.2, 0) is 6.54 Å². The van der Waals surface area contributed by atoms with E-state index in [1.54, 1.807) is 29.1 Å². The van der Waals surface area contributed by atoms with Crippen molar-refractivity contribution in [3.63, 3.8) is 0 Å². The Labute approximate surface area is 98.6 Å². The van der Waals surface area contributed by atoms with Crippen molar-refractivity contribution < 1.29 is 4.74 Å². The predicted molar refractivity (Wildman–Crippen MR) is 63.6 cm³/mol. The lowest BCUT2D eigenvalue weighted by Gasteiger charge is -2.08. The summed E-state index contributed by atoms with van der Waals surface area (Å²) in [5.74, 6) is 0.650. The molecule has 5 heteroatoms. The first kappa shape index (κ1) is 10.8. The Morgan fingerprint density at radius 3 is 3.00 bits per heavy atom. The van der Waals surface area contributed by atoms with Crippen molar-refractivity contribution in [2.75, 3.05) is 12.3 Å². The molecular formula is C11H12ClN3O. The molecule has 0 aliphatic heterocycles. The Hall–Kier alpha value is -1.68. The van der Waals surface area contributed by atoms with Gasteiger partial charge in [-0.05, 0) is 24.3 Å². The number of hydrogen-bond acceptors (Lipinski definition) is 3. The van der Waals surface area contributed by atoms with Gasteiger partial charge in [0.05, 0.1) is 12.2 Å². The van der Waals surface area contributed by atoms with Gasteiger partial charge in [0.1, 0.15) is 12.4 Å². The van der Waals surface area contributed by atoms with E-state index in [0.717, 1.165) is 0 Å². The SMILES string of the molecule is Nc1cc(Cl)ccc1OCCn1cccn1. The number of hydrogen-bond donors (Lipinski definition) is 1. The van der Waals surface area contributed by atoms with Gasteiger partial charge in [-0.3, -0.25) is 4.68 Å². The van der Waals surface area contributed by atoms with Crippen molar-refractivity contribution in [3.8, 4) is 5.75 Å². The Balaban J connectivity index is 1.90. The summed E-state index contributed by atoms with van der Waals surface area (Å²) in [4.78, 5) is 0. The summed E-state index contributed by atoms with van der Waals surface area (Å²) in [6, 6.07) is 7.06. The van der Waals surface area contributed by atoms with Crippen LogP contribution in [0.1, 0.15) is 0 Å². The Morgan fingerprint density at radius 2 is 2.31 bits per heavy atom. The van der Waals surface area contributed by atoms with Crippen molar-refractivity contribution in [1.82, 2.24) is 9.78 Å². The molecule has 2 aromatic rings. The van der Waals surface area contributed by atoms with E-state index < -0.39 is 0 Å². The van der Waals surface area contributed by atoms with Gasteiger partial charge < -0.3 is 10.5 Å². The number of nitrogens with two attached hydrogens (primary N) is 1. The van der Waals surface area contributed by atoms with Gasteiger partial charge in [-0.15, -0.1) is 0 Å². The number of ether oxygens (including phenoxy) is 1. The number of halogens is 1. The minimum absolute atomic E-state index is 0.521. The van der Waals surface area contributed by atoms with E-state index in [2.05, 4.69) is 5.10 Å². The molecule has 0 aliphatic rings. The van der Waals surface area contributed by atoms with Gasteiger partial charge in [0.15, 0.2) is 0 Å². The van der Waals surface area contributed by atoms with E-state index in [4.69, 9.17) is 22.1 Å². The number of nitrogen functional groups attached to an aromatic ring is 1. The lowest BCUT2D eigenvalue weighted by molar-refractivity contribution is 0.293. The maximum Gasteiger partial charge on any atom is 0.142 e. The highest BCUT2D eigenvalue weighted by Crippen LogP contribution is 2.24. The zero-order chi connectivity index (χ0) is 11.4. The van der Waals surface area contributed by atoms with Crippen LogP contribution < -0.4 is 10.5 Å². The summed E-state index contributed by atoms with van der Waals surface area (Å²) in [5, 5.41) is 4.68. The Bertz CT molecular complexity index is 456. The van der Waals surface area contributed by atoms with Gasteiger partial charge in [-0.1, -0.05) is 11.6 Å². The standard InChI is InChI=1S/C11H12ClN3O/c12-9-2-3-11(10(13)8-9)16-7-6-15-5-1-4-14-15/h1-5,8H,6-7,13H2. The van der Waals surface area contributed by atoms with Crippen LogP contribution in [0.2, 0.25) is 5.02 Å². The van der Waals surface area contributed by atoms with Crippen LogP contribution in [0.5, 0.6) is 5.75 Å². The minimum Gasteiger partial charge on any atom is -0.489 e. The Kier molecular flexibility index (Phi) is 3.31. The van der Waals surface area contributed by atoms with Crippen LogP contribution in [0.3, 0.4) is 0 Å². The van der Waals surface area contributed by atoms with Gasteiger partial charge >= 0.3 is 0 Å². The van der Waals surface area contributed by atoms with Crippen molar-refractivity contribution >= 4 is 17.3 Å². The van der Waals surface area contributed by atoms with Crippen LogP contribution in [0.4, 0.5) is 5.69 Å². The molecule has 0 unspecified atom stereocenters. The quantitative estimate of drug-likeness (QED) is 0.830. The molecule has 0 radical (unpaired) electrons. The van der Waals surface area contributed by atoms with E-state index in [1.807, 2.05) is 12.3 Å². The molecule has 0 saturated heterocycles. The highest BCUT2D eigenvalue weighted by Gasteiger charge is 2.00. The summed E-state index contributed by atoms with van der Waals surface area (Å²) in [6.45, 7) is 1.21. The van der Waals surface area contributed by atoms with Gasteiger partial charge in [-0.25, -0.2) is 0 Å². The van der Waals surface area contributed by atoms with E-state index in [-0.39, 0.29) is 0 Å². The highest BCUT2D eigenvalue weighted by molar-refractivity contribution is 6.30. The third kappa shape index (κ3) is 2.67. The monoisotopic (exact) mass is 237 g/mol. The topological polar surface area (TPSA) is 53.1 Å². The molecule has 0 fully saturated rings. The highest BCUT2D eigenvalue weighted by atomic mass is 35.5. The zero-order valence-electron chi connectivity index (χ0n) is 8.64. The van der Waals surface area contributed by atoms with Gasteiger partial charge in [0.2, 0.25) is 0 Å². The number of aromatic nitrogens is 2. The average Bonchev–Trinajstić information content (AvgIpc) is 2.74. The third-order valence-corrected chi connectivity index (χ3v) is 2.34. The fraction of sp³-hybridized carbons (Fsp3) is 0.182. The minimum atomic E-state index is 0.521. The number of rotatable bonds is 4. The van der Waals surface area contributed by atoms with Gasteiger partial charge in [0.25, 0.3) is 0 Å². The second kappa shape index (κ2) is 4.90. The zero-order valence-corrected chi connectivity index (χ0v) is 9.39. The lowest BCUT2D eigenvalue weighted by atomic mass is 10.3. The molecule has 0 amide bonds. The fourth-order valence-electron chi connectivity index (χ4n) is 1.33.